The van der Waals surface area contributed by atoms with E-state index in [1.54, 1.807) is 0 Å². The zero-order chi connectivity index (χ0) is 34.0. The Kier molecular flexibility index (Phi) is 8.13. The second-order valence-corrected chi connectivity index (χ2v) is 16.1. The van der Waals surface area contributed by atoms with E-state index >= 15 is 0 Å². The molecule has 0 saturated heterocycles. The third-order valence-electron chi connectivity index (χ3n) is 12.3. The molecule has 7 rings (SSSR count). The second-order valence-electron chi connectivity index (χ2n) is 16.1. The molecule has 2 aliphatic rings. The number of unbranched alkanes of at least 4 members (excludes halogenated alkanes) is 1. The number of benzene rings is 5. The van der Waals surface area contributed by atoms with Crippen molar-refractivity contribution in [1.29, 1.82) is 0 Å². The Morgan fingerprint density at radius 3 is 2.06 bits per heavy atom. The standard InChI is InChI=1S/C47H55N/c1-10-13-15-31(5)34-16-14-17-37-35(34)24-25-40-44(37)39-29-42-38(28-43(39)45(40,6)7)36-23-20-32(27-41(36)46(42,8)9)47(12-3,26-11-2)48-33-21-18-30(4)19-22-33/h14,16-25,27-29,31,48H,10-13,15,26H2,1-9H3. The van der Waals surface area contributed by atoms with Gasteiger partial charge in [0.2, 0.25) is 0 Å². The SMILES string of the molecule is CCCCC(C)c1cccc2c3c(ccc12)C(C)(C)c1cc2c(cc1-3)C(C)(C)c1cc(C(CC)(CCC)Nc3ccc(C)cc3)ccc1-2. The highest BCUT2D eigenvalue weighted by atomic mass is 15.0. The molecular weight excluding hydrogens is 579 g/mol. The molecule has 1 nitrogen and oxygen atoms in total. The van der Waals surface area contributed by atoms with Crippen LogP contribution in [-0.4, -0.2) is 0 Å². The van der Waals surface area contributed by atoms with Gasteiger partial charge < -0.3 is 5.32 Å². The van der Waals surface area contributed by atoms with Crippen molar-refractivity contribution in [2.45, 2.75) is 123 Å². The van der Waals surface area contributed by atoms with Crippen LogP contribution in [-0.2, 0) is 16.4 Å². The summed E-state index contributed by atoms with van der Waals surface area (Å²) in [6, 6.07) is 33.4. The van der Waals surface area contributed by atoms with Gasteiger partial charge in [0.05, 0.1) is 5.54 Å². The van der Waals surface area contributed by atoms with Crippen LogP contribution >= 0.6 is 0 Å². The first kappa shape index (κ1) is 32.7. The Morgan fingerprint density at radius 2 is 1.35 bits per heavy atom. The fraction of sp³-hybridized carbons (Fsp3) is 0.404. The minimum Gasteiger partial charge on any atom is -0.376 e. The van der Waals surface area contributed by atoms with Gasteiger partial charge in [0.15, 0.2) is 0 Å². The van der Waals surface area contributed by atoms with Crippen LogP contribution in [0.25, 0.3) is 33.0 Å². The summed E-state index contributed by atoms with van der Waals surface area (Å²) in [6.45, 7) is 21.3. The molecule has 0 amide bonds. The van der Waals surface area contributed by atoms with Crippen LogP contribution in [0.1, 0.15) is 139 Å². The average molecular weight is 634 g/mol. The largest absolute Gasteiger partial charge is 0.376 e. The molecule has 1 N–H and O–H groups in total. The summed E-state index contributed by atoms with van der Waals surface area (Å²) in [5, 5.41) is 6.88. The minimum atomic E-state index is -0.114. The van der Waals surface area contributed by atoms with Gasteiger partial charge in [-0.25, -0.2) is 0 Å². The normalized spacial score (nSPS) is 16.9. The fourth-order valence-electron chi connectivity index (χ4n) is 9.32. The van der Waals surface area contributed by atoms with Gasteiger partial charge in [-0.15, -0.1) is 0 Å². The lowest BCUT2D eigenvalue weighted by Gasteiger charge is -2.37. The Hall–Kier alpha value is -3.84. The van der Waals surface area contributed by atoms with Crippen molar-refractivity contribution in [3.63, 3.8) is 0 Å². The van der Waals surface area contributed by atoms with Crippen molar-refractivity contribution in [3.05, 3.63) is 124 Å². The Labute approximate surface area is 290 Å². The summed E-state index contributed by atoms with van der Waals surface area (Å²) in [4.78, 5) is 0. The number of anilines is 1. The average Bonchev–Trinajstić information content (AvgIpc) is 3.45. The molecule has 248 valence electrons. The van der Waals surface area contributed by atoms with Gasteiger partial charge in [0, 0.05) is 16.5 Å². The lowest BCUT2D eigenvalue weighted by Crippen LogP contribution is -2.35. The molecule has 0 bridgehead atoms. The molecule has 5 aromatic carbocycles. The molecule has 0 spiro atoms. The first-order chi connectivity index (χ1) is 23.0. The number of nitrogens with one attached hydrogen (secondary N) is 1. The highest BCUT2D eigenvalue weighted by Crippen LogP contribution is 2.58. The van der Waals surface area contributed by atoms with Crippen LogP contribution in [0.3, 0.4) is 0 Å². The van der Waals surface area contributed by atoms with Crippen molar-refractivity contribution in [2.75, 3.05) is 5.32 Å². The van der Waals surface area contributed by atoms with E-state index in [-0.39, 0.29) is 16.4 Å². The number of rotatable bonds is 10. The van der Waals surface area contributed by atoms with Crippen molar-refractivity contribution in [2.24, 2.45) is 0 Å². The molecule has 0 radical (unpaired) electrons. The summed E-state index contributed by atoms with van der Waals surface area (Å²) in [5.74, 6) is 0.562. The molecule has 0 fully saturated rings. The van der Waals surface area contributed by atoms with Gasteiger partial charge in [0.25, 0.3) is 0 Å². The second kappa shape index (κ2) is 11.9. The first-order valence-corrected chi connectivity index (χ1v) is 18.7. The first-order valence-electron chi connectivity index (χ1n) is 18.7. The number of fused-ring (bicyclic) bond motifs is 8. The van der Waals surface area contributed by atoms with Crippen LogP contribution in [0, 0.1) is 6.92 Å². The molecule has 2 unspecified atom stereocenters. The number of hydrogen-bond acceptors (Lipinski definition) is 1. The lowest BCUT2D eigenvalue weighted by molar-refractivity contribution is 0.427. The van der Waals surface area contributed by atoms with Gasteiger partial charge >= 0.3 is 0 Å². The smallest absolute Gasteiger partial charge is 0.0622 e. The Bertz CT molecular complexity index is 2010. The van der Waals surface area contributed by atoms with Gasteiger partial charge in [-0.2, -0.15) is 0 Å². The summed E-state index contributed by atoms with van der Waals surface area (Å²) < 4.78 is 0. The summed E-state index contributed by atoms with van der Waals surface area (Å²) in [7, 11) is 0. The number of aryl methyl sites for hydroxylation is 1. The molecule has 2 aliphatic carbocycles. The maximum atomic E-state index is 4.03. The minimum absolute atomic E-state index is 0.0546. The zero-order valence-electron chi connectivity index (χ0n) is 30.9. The molecular formula is C47H55N. The Balaban J connectivity index is 1.36. The number of hydrogen-bond donors (Lipinski definition) is 1. The summed E-state index contributed by atoms with van der Waals surface area (Å²) in [5.41, 5.74) is 16.7. The van der Waals surface area contributed by atoms with Crippen LogP contribution in [0.15, 0.2) is 84.9 Å². The molecule has 0 aliphatic heterocycles. The predicted molar refractivity (Wildman–Crippen MR) is 209 cm³/mol. The van der Waals surface area contributed by atoms with Crippen LogP contribution in [0.5, 0.6) is 0 Å². The maximum absolute atomic E-state index is 4.03. The van der Waals surface area contributed by atoms with Crippen LogP contribution < -0.4 is 5.32 Å². The maximum Gasteiger partial charge on any atom is 0.0622 e. The van der Waals surface area contributed by atoms with Gasteiger partial charge in [-0.3, -0.25) is 0 Å². The van der Waals surface area contributed by atoms with E-state index in [1.807, 2.05) is 0 Å². The van der Waals surface area contributed by atoms with Crippen LogP contribution in [0.4, 0.5) is 5.69 Å². The fourth-order valence-corrected chi connectivity index (χ4v) is 9.32. The molecule has 2 atom stereocenters. The highest BCUT2D eigenvalue weighted by Gasteiger charge is 2.43. The summed E-state index contributed by atoms with van der Waals surface area (Å²) in [6.07, 6.45) is 7.03. The van der Waals surface area contributed by atoms with E-state index < -0.39 is 0 Å². The van der Waals surface area contributed by atoms with Crippen molar-refractivity contribution < 1.29 is 0 Å². The zero-order valence-corrected chi connectivity index (χ0v) is 30.9. The van der Waals surface area contributed by atoms with E-state index in [9.17, 15) is 0 Å². The van der Waals surface area contributed by atoms with Gasteiger partial charge in [-0.1, -0.05) is 141 Å². The third kappa shape index (κ3) is 4.95. The lowest BCUT2D eigenvalue weighted by atomic mass is 9.77. The van der Waals surface area contributed by atoms with E-state index in [4.69, 9.17) is 0 Å². The molecule has 0 heterocycles. The molecule has 48 heavy (non-hydrogen) atoms. The van der Waals surface area contributed by atoms with E-state index in [1.165, 1.54) is 96.9 Å². The predicted octanol–water partition coefficient (Wildman–Crippen LogP) is 13.6. The van der Waals surface area contributed by atoms with E-state index in [0.717, 1.165) is 19.3 Å². The summed E-state index contributed by atoms with van der Waals surface area (Å²) >= 11 is 0. The van der Waals surface area contributed by atoms with Crippen molar-refractivity contribution >= 4 is 16.5 Å². The quantitative estimate of drug-likeness (QED) is 0.161. The van der Waals surface area contributed by atoms with Crippen molar-refractivity contribution in [3.8, 4) is 22.3 Å². The topological polar surface area (TPSA) is 12.0 Å². The Morgan fingerprint density at radius 1 is 0.667 bits per heavy atom. The third-order valence-corrected chi connectivity index (χ3v) is 12.3. The van der Waals surface area contributed by atoms with Crippen LogP contribution in [0.2, 0.25) is 0 Å². The molecule has 5 aromatic rings. The monoisotopic (exact) mass is 633 g/mol. The van der Waals surface area contributed by atoms with E-state index in [0.29, 0.717) is 5.92 Å². The molecule has 0 saturated carbocycles. The van der Waals surface area contributed by atoms with E-state index in [2.05, 4.69) is 153 Å². The van der Waals surface area contributed by atoms with Gasteiger partial charge in [-0.05, 0) is 123 Å². The molecule has 0 aromatic heterocycles. The molecule has 1 heteroatoms. The van der Waals surface area contributed by atoms with Crippen molar-refractivity contribution in [1.82, 2.24) is 0 Å². The highest BCUT2D eigenvalue weighted by molar-refractivity contribution is 6.05. The van der Waals surface area contributed by atoms with Gasteiger partial charge in [0.1, 0.15) is 0 Å².